The summed E-state index contributed by atoms with van der Waals surface area (Å²) in [6.07, 6.45) is 4.44. The third-order valence-electron chi connectivity index (χ3n) is 10.4. The highest BCUT2D eigenvalue weighted by atomic mass is 16.5. The Hall–Kier alpha value is -1.04. The summed E-state index contributed by atoms with van der Waals surface area (Å²) < 4.78 is 6.25. The maximum Gasteiger partial charge on any atom is 0.172 e. The number of ketones is 2. The van der Waals surface area contributed by atoms with Crippen LogP contribution in [0.2, 0.25) is 0 Å². The van der Waals surface area contributed by atoms with Gasteiger partial charge in [0.05, 0.1) is 6.61 Å². The number of allylic oxidation sites excluding steroid dienone is 1. The normalized spacial score (nSPS) is 62.9. The van der Waals surface area contributed by atoms with Gasteiger partial charge < -0.3 is 9.84 Å². The van der Waals surface area contributed by atoms with Crippen molar-refractivity contribution in [2.24, 2.45) is 34.0 Å². The van der Waals surface area contributed by atoms with Crippen molar-refractivity contribution >= 4 is 11.6 Å². The summed E-state index contributed by atoms with van der Waals surface area (Å²) in [6, 6.07) is 0.0990. The van der Waals surface area contributed by atoms with E-state index in [1.807, 2.05) is 0 Å². The molecule has 5 nitrogen and oxygen atoms in total. The van der Waals surface area contributed by atoms with Gasteiger partial charge in [0.15, 0.2) is 5.78 Å². The first kappa shape index (κ1) is 15.8. The second-order valence-corrected chi connectivity index (χ2v) is 10.8. The van der Waals surface area contributed by atoms with Crippen LogP contribution in [0.1, 0.15) is 45.4 Å². The van der Waals surface area contributed by atoms with E-state index in [1.165, 1.54) is 0 Å². The maximum absolute atomic E-state index is 13.7. The molecule has 2 spiro atoms. The molecule has 0 unspecified atom stereocenters. The molecule has 1 N–H and O–H groups in total. The average molecular weight is 369 g/mol. The Morgan fingerprint density at radius 1 is 1.26 bits per heavy atom. The third kappa shape index (κ3) is 1.19. The fourth-order valence-electron chi connectivity index (χ4n) is 10.1. The smallest absolute Gasteiger partial charge is 0.172 e. The minimum atomic E-state index is -1.35. The summed E-state index contributed by atoms with van der Waals surface area (Å²) in [6.45, 7) is 7.95. The summed E-state index contributed by atoms with van der Waals surface area (Å²) in [5.41, 5.74) is -1.93. The molecule has 27 heavy (non-hydrogen) atoms. The first-order valence-electron chi connectivity index (χ1n) is 10.7. The zero-order chi connectivity index (χ0) is 18.6. The molecule has 144 valence electrons. The predicted molar refractivity (Wildman–Crippen MR) is 95.5 cm³/mol. The monoisotopic (exact) mass is 369 g/mol. The number of Topliss-reactive ketones (excluding diaryl/α,β-unsaturated/α-hetero) is 2. The number of nitrogens with zero attached hydrogens (tertiary/aromatic N) is 1. The number of carbonyl (C=O) groups is 2. The van der Waals surface area contributed by atoms with Gasteiger partial charge >= 0.3 is 0 Å². The van der Waals surface area contributed by atoms with Crippen molar-refractivity contribution in [2.75, 3.05) is 13.2 Å². The van der Waals surface area contributed by atoms with E-state index in [1.54, 1.807) is 0 Å². The van der Waals surface area contributed by atoms with Gasteiger partial charge in [0.1, 0.15) is 17.6 Å². The molecule has 8 fully saturated rings. The quantitative estimate of drug-likeness (QED) is 0.658. The van der Waals surface area contributed by atoms with Gasteiger partial charge in [-0.3, -0.25) is 14.5 Å². The lowest BCUT2D eigenvalue weighted by molar-refractivity contribution is -0.269. The Balaban J connectivity index is 1.60. The van der Waals surface area contributed by atoms with Crippen molar-refractivity contribution in [1.29, 1.82) is 0 Å². The molecule has 6 aliphatic carbocycles. The van der Waals surface area contributed by atoms with Gasteiger partial charge in [-0.25, -0.2) is 0 Å². The highest BCUT2D eigenvalue weighted by Gasteiger charge is 2.91. The maximum atomic E-state index is 13.7. The van der Waals surface area contributed by atoms with Crippen LogP contribution in [0.3, 0.4) is 0 Å². The number of hydrogen-bond acceptors (Lipinski definition) is 5. The number of aliphatic hydroxyl groups is 1. The fraction of sp³-hybridized carbons (Fsp3) is 0.818. The number of ether oxygens (including phenoxy) is 1. The first-order chi connectivity index (χ1) is 12.8. The third-order valence-corrected chi connectivity index (χ3v) is 10.4. The summed E-state index contributed by atoms with van der Waals surface area (Å²) in [4.78, 5) is 29.9. The number of hydrogen-bond donors (Lipinski definition) is 1. The molecule has 0 aromatic carbocycles. The summed E-state index contributed by atoms with van der Waals surface area (Å²) >= 11 is 0. The Morgan fingerprint density at radius 3 is 2.89 bits per heavy atom. The summed E-state index contributed by atoms with van der Waals surface area (Å²) in [5, 5.41) is 12.4. The molecule has 9 atom stereocenters. The van der Waals surface area contributed by atoms with Crippen LogP contribution in [0.4, 0.5) is 0 Å². The predicted octanol–water partition coefficient (Wildman–Crippen LogP) is 1.69. The lowest BCUT2D eigenvalue weighted by Crippen LogP contribution is -2.79. The summed E-state index contributed by atoms with van der Waals surface area (Å²) in [5.74, 6) is 0.0194. The molecule has 0 aromatic heterocycles. The van der Waals surface area contributed by atoms with Crippen LogP contribution in [0.5, 0.6) is 0 Å². The Morgan fingerprint density at radius 2 is 2.07 bits per heavy atom. The molecule has 2 aliphatic heterocycles. The second-order valence-electron chi connectivity index (χ2n) is 10.8. The Labute approximate surface area is 159 Å². The van der Waals surface area contributed by atoms with Crippen LogP contribution < -0.4 is 0 Å². The van der Waals surface area contributed by atoms with E-state index in [0.29, 0.717) is 19.4 Å². The Bertz CT molecular complexity index is 853. The van der Waals surface area contributed by atoms with E-state index in [4.69, 9.17) is 4.74 Å². The number of carbonyl (C=O) groups excluding carboxylic acids is 2. The van der Waals surface area contributed by atoms with Crippen molar-refractivity contribution < 1.29 is 19.4 Å². The second kappa shape index (κ2) is 4.12. The largest absolute Gasteiger partial charge is 0.381 e. The van der Waals surface area contributed by atoms with Crippen molar-refractivity contribution in [3.05, 3.63) is 12.2 Å². The van der Waals surface area contributed by atoms with Gasteiger partial charge in [-0.2, -0.15) is 0 Å². The van der Waals surface area contributed by atoms with Crippen LogP contribution >= 0.6 is 0 Å². The number of piperidine rings is 1. The van der Waals surface area contributed by atoms with Crippen molar-refractivity contribution in [1.82, 2.24) is 4.90 Å². The van der Waals surface area contributed by atoms with Crippen molar-refractivity contribution in [3.63, 3.8) is 0 Å². The molecular weight excluding hydrogens is 342 g/mol. The van der Waals surface area contributed by atoms with Crippen LogP contribution in [-0.2, 0) is 14.3 Å². The molecule has 0 amide bonds. The van der Waals surface area contributed by atoms with Gasteiger partial charge in [0, 0.05) is 47.1 Å². The van der Waals surface area contributed by atoms with Gasteiger partial charge in [0.2, 0.25) is 0 Å². The molecular formula is C22H27NO4. The molecule has 8 rings (SSSR count). The molecule has 8 aliphatic rings. The number of rotatable bonds is 0. The summed E-state index contributed by atoms with van der Waals surface area (Å²) in [7, 11) is 0. The van der Waals surface area contributed by atoms with Crippen LogP contribution in [0.25, 0.3) is 0 Å². The lowest BCUT2D eigenvalue weighted by atomic mass is 9.37. The van der Waals surface area contributed by atoms with E-state index in [2.05, 4.69) is 18.4 Å². The molecule has 5 heteroatoms. The first-order valence-corrected chi connectivity index (χ1v) is 10.7. The van der Waals surface area contributed by atoms with Gasteiger partial charge in [-0.15, -0.1) is 0 Å². The molecule has 2 heterocycles. The highest BCUT2D eigenvalue weighted by Crippen LogP contribution is 2.83. The molecule has 6 bridgehead atoms. The van der Waals surface area contributed by atoms with E-state index in [-0.39, 0.29) is 47.0 Å². The van der Waals surface area contributed by atoms with E-state index >= 15 is 0 Å². The fourth-order valence-corrected chi connectivity index (χ4v) is 10.1. The molecule has 0 aromatic rings. The zero-order valence-electron chi connectivity index (χ0n) is 15.9. The van der Waals surface area contributed by atoms with Gasteiger partial charge in [-0.1, -0.05) is 25.5 Å². The molecule has 6 saturated carbocycles. The SMILES string of the molecule is C=C1C[C@]23CC(=O)[C@H]4[C@]5(C)CCC[C@]46[C@@H]([C@H]2C[C@H]1C(=O)[C@]36O)N1CCO[C@@H]15. The average Bonchev–Trinajstić information content (AvgIpc) is 3.10. The van der Waals surface area contributed by atoms with Gasteiger partial charge in [0.25, 0.3) is 0 Å². The lowest BCUT2D eigenvalue weighted by Gasteiger charge is -2.69. The van der Waals surface area contributed by atoms with E-state index in [9.17, 15) is 14.7 Å². The highest BCUT2D eigenvalue weighted by molar-refractivity contribution is 6.01. The Kier molecular flexibility index (Phi) is 2.42. The molecule has 2 saturated heterocycles. The van der Waals surface area contributed by atoms with E-state index in [0.717, 1.165) is 37.8 Å². The van der Waals surface area contributed by atoms with Crippen LogP contribution in [-0.4, -0.2) is 52.6 Å². The van der Waals surface area contributed by atoms with Crippen LogP contribution in [0, 0.1) is 34.0 Å². The van der Waals surface area contributed by atoms with Crippen molar-refractivity contribution in [2.45, 2.75) is 63.3 Å². The zero-order valence-corrected chi connectivity index (χ0v) is 15.9. The van der Waals surface area contributed by atoms with Crippen molar-refractivity contribution in [3.8, 4) is 0 Å². The van der Waals surface area contributed by atoms with Crippen LogP contribution in [0.15, 0.2) is 12.2 Å². The minimum Gasteiger partial charge on any atom is -0.381 e. The number of fused-ring (bicyclic) bond motifs is 4. The topological polar surface area (TPSA) is 66.8 Å². The molecule has 0 radical (unpaired) electrons. The van der Waals surface area contributed by atoms with Gasteiger partial charge in [-0.05, 0) is 31.6 Å². The standard InChI is InChI=1S/C22H27NO4/c1-11-9-20-10-14(24)15-19(2)4-3-5-21(15)16(23-6-7-27-18(19)23)13(20)8-12(11)17(25)22(20,21)26/h12-13,15-16,18,26H,1,3-10H2,2H3/t12-,13-,15+,16-,18-,19+,20+,21-,22+/m1/s1. The minimum absolute atomic E-state index is 0.00202. The van der Waals surface area contributed by atoms with E-state index < -0.39 is 16.4 Å².